The smallest absolute Gasteiger partial charge is 0.147 e. The molecule has 7 nitrogen and oxygen atoms in total. The highest BCUT2D eigenvalue weighted by atomic mass is 16.5. The van der Waals surface area contributed by atoms with E-state index in [4.69, 9.17) is 4.74 Å². The van der Waals surface area contributed by atoms with E-state index in [0.717, 1.165) is 43.5 Å². The fraction of sp³-hybridized carbons (Fsp3) is 0.429. The van der Waals surface area contributed by atoms with Crippen LogP contribution in [0.4, 0.5) is 11.6 Å². The highest BCUT2D eigenvalue weighted by Gasteiger charge is 2.19. The predicted molar refractivity (Wildman–Crippen MR) is 79.2 cm³/mol. The van der Waals surface area contributed by atoms with Gasteiger partial charge in [0.1, 0.15) is 18.0 Å². The number of piperazine rings is 1. The first-order chi connectivity index (χ1) is 10.4. The van der Waals surface area contributed by atoms with Gasteiger partial charge in [0.25, 0.3) is 0 Å². The molecule has 0 aliphatic carbocycles. The molecular weight excluding hydrogens is 268 g/mol. The number of hydrogen-bond acceptors (Lipinski definition) is 7. The van der Waals surface area contributed by atoms with Gasteiger partial charge in [-0.2, -0.15) is 0 Å². The fourth-order valence-electron chi connectivity index (χ4n) is 2.40. The van der Waals surface area contributed by atoms with Crippen molar-refractivity contribution < 1.29 is 4.74 Å². The zero-order chi connectivity index (χ0) is 14.5. The van der Waals surface area contributed by atoms with Gasteiger partial charge in [0.2, 0.25) is 0 Å². The van der Waals surface area contributed by atoms with E-state index in [1.807, 2.05) is 6.07 Å². The van der Waals surface area contributed by atoms with Crippen LogP contribution in [0.5, 0.6) is 0 Å². The first-order valence-electron chi connectivity index (χ1n) is 6.92. The van der Waals surface area contributed by atoms with Crippen LogP contribution in [0, 0.1) is 0 Å². The van der Waals surface area contributed by atoms with Gasteiger partial charge in [0.05, 0.1) is 18.5 Å². The second-order valence-electron chi connectivity index (χ2n) is 4.84. The minimum atomic E-state index is 0.509. The lowest BCUT2D eigenvalue weighted by Crippen LogP contribution is -2.47. The molecule has 2 aromatic heterocycles. The second kappa shape index (κ2) is 6.45. The van der Waals surface area contributed by atoms with Crippen LogP contribution in [0.3, 0.4) is 0 Å². The minimum absolute atomic E-state index is 0.509. The summed E-state index contributed by atoms with van der Waals surface area (Å²) in [6.45, 7) is 4.12. The summed E-state index contributed by atoms with van der Waals surface area (Å²) < 4.78 is 5.11. The third-order valence-electron chi connectivity index (χ3n) is 3.48. The van der Waals surface area contributed by atoms with E-state index in [1.54, 1.807) is 32.0 Å². The predicted octanol–water partition coefficient (Wildman–Crippen LogP) is 0.740. The quantitative estimate of drug-likeness (QED) is 0.821. The van der Waals surface area contributed by atoms with E-state index in [-0.39, 0.29) is 0 Å². The van der Waals surface area contributed by atoms with E-state index in [2.05, 4.69) is 29.7 Å². The van der Waals surface area contributed by atoms with Crippen molar-refractivity contribution in [3.05, 3.63) is 36.7 Å². The van der Waals surface area contributed by atoms with Crippen LogP contribution in [0.15, 0.2) is 31.0 Å². The summed E-state index contributed by atoms with van der Waals surface area (Å²) in [4.78, 5) is 21.5. The molecule has 0 amide bonds. The Kier molecular flexibility index (Phi) is 4.20. The Labute approximate surface area is 123 Å². The Morgan fingerprint density at radius 2 is 1.76 bits per heavy atom. The molecular formula is C14H18N6O. The highest BCUT2D eigenvalue weighted by molar-refractivity contribution is 5.43. The third kappa shape index (κ3) is 3.25. The van der Waals surface area contributed by atoms with Crippen molar-refractivity contribution in [1.29, 1.82) is 0 Å². The van der Waals surface area contributed by atoms with E-state index in [1.165, 1.54) is 0 Å². The van der Waals surface area contributed by atoms with E-state index >= 15 is 0 Å². The lowest BCUT2D eigenvalue weighted by molar-refractivity contribution is 0.181. The normalized spacial score (nSPS) is 15.3. The van der Waals surface area contributed by atoms with Gasteiger partial charge in [0.15, 0.2) is 0 Å². The van der Waals surface area contributed by atoms with Crippen molar-refractivity contribution in [3.63, 3.8) is 0 Å². The summed E-state index contributed by atoms with van der Waals surface area (Å²) in [5, 5.41) is 0. The number of hydrogen-bond donors (Lipinski definition) is 0. The standard InChI is InChI=1S/C14H18N6O/c1-21-10-12-8-13(18-11-17-12)19-4-6-20(7-5-19)14-9-15-2-3-16-14/h2-3,8-9,11H,4-7,10H2,1H3. The number of rotatable bonds is 4. The summed E-state index contributed by atoms with van der Waals surface area (Å²) in [7, 11) is 1.67. The number of nitrogens with zero attached hydrogens (tertiary/aromatic N) is 6. The monoisotopic (exact) mass is 286 g/mol. The van der Waals surface area contributed by atoms with Crippen LogP contribution in [0.25, 0.3) is 0 Å². The summed E-state index contributed by atoms with van der Waals surface area (Å²) >= 11 is 0. The number of ether oxygens (including phenoxy) is 1. The molecule has 1 aliphatic rings. The van der Waals surface area contributed by atoms with Crippen LogP contribution < -0.4 is 9.80 Å². The van der Waals surface area contributed by atoms with Crippen molar-refractivity contribution >= 4 is 11.6 Å². The van der Waals surface area contributed by atoms with Crippen molar-refractivity contribution in [2.45, 2.75) is 6.61 Å². The van der Waals surface area contributed by atoms with E-state index in [9.17, 15) is 0 Å². The Hall–Kier alpha value is -2.28. The van der Waals surface area contributed by atoms with Gasteiger partial charge < -0.3 is 14.5 Å². The summed E-state index contributed by atoms with van der Waals surface area (Å²) in [6, 6.07) is 1.99. The van der Waals surface area contributed by atoms with Gasteiger partial charge in [-0.3, -0.25) is 4.98 Å². The van der Waals surface area contributed by atoms with Crippen molar-refractivity contribution in [1.82, 2.24) is 19.9 Å². The molecule has 0 N–H and O–H groups in total. The molecule has 2 aromatic rings. The molecule has 3 heterocycles. The topological polar surface area (TPSA) is 67.3 Å². The number of anilines is 2. The summed E-state index contributed by atoms with van der Waals surface area (Å²) in [5.74, 6) is 1.88. The van der Waals surface area contributed by atoms with Crippen LogP contribution >= 0.6 is 0 Å². The van der Waals surface area contributed by atoms with Gasteiger partial charge >= 0.3 is 0 Å². The van der Waals surface area contributed by atoms with E-state index in [0.29, 0.717) is 6.61 Å². The van der Waals surface area contributed by atoms with Crippen molar-refractivity contribution in [3.8, 4) is 0 Å². The number of aromatic nitrogens is 4. The molecule has 0 radical (unpaired) electrons. The van der Waals surface area contributed by atoms with Crippen LogP contribution in [0.2, 0.25) is 0 Å². The van der Waals surface area contributed by atoms with Gasteiger partial charge in [-0.1, -0.05) is 0 Å². The Balaban J connectivity index is 1.64. The van der Waals surface area contributed by atoms with Crippen LogP contribution in [-0.4, -0.2) is 53.2 Å². The van der Waals surface area contributed by atoms with Crippen LogP contribution in [-0.2, 0) is 11.3 Å². The van der Waals surface area contributed by atoms with E-state index < -0.39 is 0 Å². The van der Waals surface area contributed by atoms with Crippen molar-refractivity contribution in [2.24, 2.45) is 0 Å². The first-order valence-corrected chi connectivity index (χ1v) is 6.92. The van der Waals surface area contributed by atoms with Crippen molar-refractivity contribution in [2.75, 3.05) is 43.1 Å². The van der Waals surface area contributed by atoms with Gasteiger partial charge in [0, 0.05) is 51.7 Å². The molecule has 0 aromatic carbocycles. The summed E-state index contributed by atoms with van der Waals surface area (Å²) in [6.07, 6.45) is 6.82. The zero-order valence-corrected chi connectivity index (χ0v) is 12.0. The lowest BCUT2D eigenvalue weighted by atomic mass is 10.3. The van der Waals surface area contributed by atoms with Gasteiger partial charge in [-0.15, -0.1) is 0 Å². The fourth-order valence-corrected chi connectivity index (χ4v) is 2.40. The average molecular weight is 286 g/mol. The molecule has 3 rings (SSSR count). The minimum Gasteiger partial charge on any atom is -0.378 e. The maximum atomic E-state index is 5.11. The maximum Gasteiger partial charge on any atom is 0.147 e. The molecule has 1 saturated heterocycles. The first kappa shape index (κ1) is 13.7. The largest absolute Gasteiger partial charge is 0.378 e. The zero-order valence-electron chi connectivity index (χ0n) is 12.0. The van der Waals surface area contributed by atoms with Gasteiger partial charge in [-0.25, -0.2) is 15.0 Å². The Morgan fingerprint density at radius 1 is 1.00 bits per heavy atom. The highest BCUT2D eigenvalue weighted by Crippen LogP contribution is 2.17. The molecule has 0 spiro atoms. The Bertz CT molecular complexity index is 571. The molecule has 0 unspecified atom stereocenters. The molecule has 110 valence electrons. The molecule has 0 bridgehead atoms. The maximum absolute atomic E-state index is 5.11. The SMILES string of the molecule is COCc1cc(N2CCN(c3cnccn3)CC2)ncn1. The molecule has 7 heteroatoms. The van der Waals surface area contributed by atoms with Gasteiger partial charge in [-0.05, 0) is 0 Å². The molecule has 21 heavy (non-hydrogen) atoms. The second-order valence-corrected chi connectivity index (χ2v) is 4.84. The van der Waals surface area contributed by atoms with Crippen LogP contribution in [0.1, 0.15) is 5.69 Å². The third-order valence-corrected chi connectivity index (χ3v) is 3.48. The molecule has 0 atom stereocenters. The lowest BCUT2D eigenvalue weighted by Gasteiger charge is -2.35. The molecule has 1 aliphatic heterocycles. The summed E-state index contributed by atoms with van der Waals surface area (Å²) in [5.41, 5.74) is 0.902. The molecule has 0 saturated carbocycles. The average Bonchev–Trinajstić information content (AvgIpc) is 2.56. The Morgan fingerprint density at radius 3 is 2.43 bits per heavy atom. The molecule has 1 fully saturated rings. The number of methoxy groups -OCH3 is 1.